The third-order valence-electron chi connectivity index (χ3n) is 11.0. The molecule has 0 unspecified atom stereocenters. The standard InChI is InChI=1S/C47H61N11O7/c1-47(2)26-40(60)51-21-12-22-58(29-39(48)59)45(65)38(25-32-28-53-34-18-10-9-17-33(32)34)57-42(62)35(19-11-20-52-46(49)50)55-44(64)37(24-31-15-7-4-8-16-31)56-43(63)36(54-41(61)27-47)23-30-13-5-3-6-14-30/h3-10,13-18,28,35-38,53H,11-12,19-27,29H2,1-2H3,(H2,48,59)(H,51,60)(H,54,61)(H,55,64)(H,56,63)(H,57,62)(H4,49,50,52)/t35-,36-,37+,38-/m0/s1. The van der Waals surface area contributed by atoms with Gasteiger partial charge in [-0.25, -0.2) is 0 Å². The summed E-state index contributed by atoms with van der Waals surface area (Å²) >= 11 is 0. The fraction of sp³-hybridized carbons (Fsp3) is 0.404. The van der Waals surface area contributed by atoms with Crippen molar-refractivity contribution in [3.05, 3.63) is 108 Å². The Morgan fingerprint density at radius 2 is 1.25 bits per heavy atom. The summed E-state index contributed by atoms with van der Waals surface area (Å²) in [6, 6.07) is 20.6. The first-order valence-electron chi connectivity index (χ1n) is 21.8. The summed E-state index contributed by atoms with van der Waals surface area (Å²) in [5, 5.41) is 15.0. The van der Waals surface area contributed by atoms with E-state index in [0.29, 0.717) is 11.1 Å². The maximum Gasteiger partial charge on any atom is 0.245 e. The maximum absolute atomic E-state index is 14.6. The lowest BCUT2D eigenvalue weighted by Crippen LogP contribution is -2.59. The van der Waals surface area contributed by atoms with E-state index in [1.807, 2.05) is 60.7 Å². The Balaban J connectivity index is 1.55. The summed E-state index contributed by atoms with van der Waals surface area (Å²) in [6.07, 6.45) is 2.16. The van der Waals surface area contributed by atoms with Crippen LogP contribution >= 0.6 is 0 Å². The number of para-hydroxylation sites is 1. The molecule has 65 heavy (non-hydrogen) atoms. The van der Waals surface area contributed by atoms with E-state index in [0.717, 1.165) is 16.5 Å². The Morgan fingerprint density at radius 1 is 0.692 bits per heavy atom. The molecule has 18 nitrogen and oxygen atoms in total. The molecule has 18 heteroatoms. The average Bonchev–Trinajstić information content (AvgIpc) is 3.66. The highest BCUT2D eigenvalue weighted by Gasteiger charge is 2.34. The Labute approximate surface area is 378 Å². The Kier molecular flexibility index (Phi) is 17.6. The number of aliphatic imine (C=N–C) groups is 1. The molecule has 1 fully saturated rings. The first-order chi connectivity index (χ1) is 31.1. The number of H-pyrrole nitrogens is 1. The van der Waals surface area contributed by atoms with Crippen LogP contribution in [0.2, 0.25) is 0 Å². The topological polar surface area (TPSA) is 289 Å². The summed E-state index contributed by atoms with van der Waals surface area (Å²) in [4.78, 5) is 106. The number of aromatic amines is 1. The molecule has 0 radical (unpaired) electrons. The lowest BCUT2D eigenvalue weighted by Gasteiger charge is -2.30. The molecule has 12 N–H and O–H groups in total. The molecule has 0 spiro atoms. The minimum absolute atomic E-state index is 0.00352. The lowest BCUT2D eigenvalue weighted by atomic mass is 9.84. The summed E-state index contributed by atoms with van der Waals surface area (Å²) in [5.41, 5.74) is 18.9. The molecule has 4 aromatic rings. The first-order valence-corrected chi connectivity index (χ1v) is 21.8. The van der Waals surface area contributed by atoms with Crippen molar-refractivity contribution in [3.8, 4) is 0 Å². The number of nitrogens with one attached hydrogen (secondary N) is 6. The molecule has 346 valence electrons. The van der Waals surface area contributed by atoms with Crippen molar-refractivity contribution in [2.45, 2.75) is 89.4 Å². The van der Waals surface area contributed by atoms with Gasteiger partial charge in [0.2, 0.25) is 41.4 Å². The third kappa shape index (κ3) is 15.5. The largest absolute Gasteiger partial charge is 0.370 e. The maximum atomic E-state index is 14.6. The summed E-state index contributed by atoms with van der Waals surface area (Å²) in [6.45, 7) is 3.29. The predicted molar refractivity (Wildman–Crippen MR) is 246 cm³/mol. The molecule has 3 aromatic carbocycles. The van der Waals surface area contributed by atoms with E-state index in [2.05, 4.69) is 36.6 Å². The van der Waals surface area contributed by atoms with Gasteiger partial charge >= 0.3 is 0 Å². The molecule has 1 saturated heterocycles. The number of benzene rings is 3. The molecular formula is C47H61N11O7. The molecule has 0 saturated carbocycles. The van der Waals surface area contributed by atoms with Crippen LogP contribution < -0.4 is 43.8 Å². The highest BCUT2D eigenvalue weighted by molar-refractivity contribution is 5.97. The van der Waals surface area contributed by atoms with Crippen LogP contribution in [0.3, 0.4) is 0 Å². The number of hydrogen-bond donors (Lipinski definition) is 9. The smallest absolute Gasteiger partial charge is 0.245 e. The van der Waals surface area contributed by atoms with Gasteiger partial charge in [-0.05, 0) is 47.4 Å². The number of hydrogen-bond acceptors (Lipinski definition) is 8. The molecular weight excluding hydrogens is 831 g/mol. The molecule has 0 bridgehead atoms. The van der Waals surface area contributed by atoms with Gasteiger partial charge in [0, 0.05) is 68.8 Å². The van der Waals surface area contributed by atoms with Crippen molar-refractivity contribution in [2.24, 2.45) is 27.6 Å². The van der Waals surface area contributed by atoms with E-state index in [1.165, 1.54) is 4.90 Å². The van der Waals surface area contributed by atoms with Gasteiger partial charge < -0.3 is 53.7 Å². The van der Waals surface area contributed by atoms with Crippen LogP contribution in [0.5, 0.6) is 0 Å². The third-order valence-corrected chi connectivity index (χ3v) is 11.0. The molecule has 0 aliphatic carbocycles. The van der Waals surface area contributed by atoms with Crippen LogP contribution in [0.15, 0.2) is 96.1 Å². The number of fused-ring (bicyclic) bond motifs is 1. The monoisotopic (exact) mass is 891 g/mol. The molecule has 4 atom stereocenters. The van der Waals surface area contributed by atoms with Gasteiger partial charge in [0.15, 0.2) is 5.96 Å². The van der Waals surface area contributed by atoms with E-state index in [-0.39, 0.29) is 82.9 Å². The number of nitrogens with zero attached hydrogens (tertiary/aromatic N) is 2. The van der Waals surface area contributed by atoms with Crippen LogP contribution in [0.1, 0.15) is 62.6 Å². The molecule has 2 heterocycles. The van der Waals surface area contributed by atoms with Gasteiger partial charge in [-0.2, -0.15) is 0 Å². The van der Waals surface area contributed by atoms with E-state index < -0.39 is 71.6 Å². The minimum Gasteiger partial charge on any atom is -0.370 e. The second kappa shape index (κ2) is 23.4. The van der Waals surface area contributed by atoms with Crippen LogP contribution in [0, 0.1) is 5.41 Å². The number of primary amides is 1. The zero-order valence-corrected chi connectivity index (χ0v) is 36.9. The predicted octanol–water partition coefficient (Wildman–Crippen LogP) is 0.829. The lowest BCUT2D eigenvalue weighted by molar-refractivity contribution is -0.139. The quantitative estimate of drug-likeness (QED) is 0.0553. The van der Waals surface area contributed by atoms with Crippen molar-refractivity contribution < 1.29 is 33.6 Å². The van der Waals surface area contributed by atoms with E-state index in [4.69, 9.17) is 17.2 Å². The van der Waals surface area contributed by atoms with E-state index in [1.54, 1.807) is 44.3 Å². The Morgan fingerprint density at radius 3 is 1.88 bits per heavy atom. The number of rotatable bonds is 12. The normalized spacial score (nSPS) is 20.8. The first kappa shape index (κ1) is 48.8. The summed E-state index contributed by atoms with van der Waals surface area (Å²) < 4.78 is 0. The van der Waals surface area contributed by atoms with Crippen LogP contribution in [-0.4, -0.2) is 108 Å². The minimum atomic E-state index is -1.27. The van der Waals surface area contributed by atoms with Crippen molar-refractivity contribution in [1.29, 1.82) is 0 Å². The second-order valence-electron chi connectivity index (χ2n) is 17.1. The fourth-order valence-electron chi connectivity index (χ4n) is 7.84. The number of carbonyl (C=O) groups is 7. The van der Waals surface area contributed by atoms with Crippen LogP contribution in [0.25, 0.3) is 10.9 Å². The zero-order chi connectivity index (χ0) is 46.9. The molecule has 1 aliphatic heterocycles. The van der Waals surface area contributed by atoms with Gasteiger partial charge in [0.25, 0.3) is 0 Å². The summed E-state index contributed by atoms with van der Waals surface area (Å²) in [7, 11) is 0. The average molecular weight is 892 g/mol. The van der Waals surface area contributed by atoms with E-state index in [9.17, 15) is 33.6 Å². The Hall–Kier alpha value is -7.24. The SMILES string of the molecule is CC1(C)CC(=O)NCCCN(CC(N)=O)C(=O)[C@H](Cc2c[nH]c3ccccc23)NC(=O)[C@H](CCCN=C(N)N)NC(=O)[C@@H](Cc2ccccc2)NC(=O)[C@H](Cc2ccccc2)NC(=O)C1. The second-order valence-corrected chi connectivity index (χ2v) is 17.1. The van der Waals surface area contributed by atoms with Gasteiger partial charge in [-0.3, -0.25) is 38.6 Å². The molecule has 7 amide bonds. The van der Waals surface area contributed by atoms with E-state index >= 15 is 0 Å². The van der Waals surface area contributed by atoms with Crippen LogP contribution in [0.4, 0.5) is 0 Å². The number of nitrogens with two attached hydrogens (primary N) is 3. The number of guanidine groups is 1. The Bertz CT molecular complexity index is 2310. The van der Waals surface area contributed by atoms with Gasteiger partial charge in [0.1, 0.15) is 24.2 Å². The van der Waals surface area contributed by atoms with Crippen molar-refractivity contribution in [1.82, 2.24) is 36.5 Å². The highest BCUT2D eigenvalue weighted by atomic mass is 16.2. The van der Waals surface area contributed by atoms with Gasteiger partial charge in [-0.15, -0.1) is 0 Å². The molecule has 5 rings (SSSR count). The van der Waals surface area contributed by atoms with Gasteiger partial charge in [0.05, 0.1) is 6.54 Å². The molecule has 1 aromatic heterocycles. The van der Waals surface area contributed by atoms with Crippen molar-refractivity contribution in [2.75, 3.05) is 26.2 Å². The number of amides is 7. The number of carbonyl (C=O) groups excluding carboxylic acids is 7. The van der Waals surface area contributed by atoms with Crippen molar-refractivity contribution >= 4 is 58.2 Å². The molecule has 1 aliphatic rings. The highest BCUT2D eigenvalue weighted by Crippen LogP contribution is 2.25. The van der Waals surface area contributed by atoms with Crippen molar-refractivity contribution in [3.63, 3.8) is 0 Å². The summed E-state index contributed by atoms with van der Waals surface area (Å²) in [5.74, 6) is -4.48. The van der Waals surface area contributed by atoms with Gasteiger partial charge in [-0.1, -0.05) is 92.7 Å². The number of aromatic nitrogens is 1. The van der Waals surface area contributed by atoms with Crippen LogP contribution in [-0.2, 0) is 52.8 Å². The zero-order valence-electron chi connectivity index (χ0n) is 36.9. The fourth-order valence-corrected chi connectivity index (χ4v) is 7.84.